The highest BCUT2D eigenvalue weighted by molar-refractivity contribution is 7.47. The summed E-state index contributed by atoms with van der Waals surface area (Å²) in [6.07, 6.45) is 0. The normalized spacial score (nSPS) is 14.1. The second-order valence-corrected chi connectivity index (χ2v) is 4.44. The van der Waals surface area contributed by atoms with E-state index in [2.05, 4.69) is 16.1 Å². The van der Waals surface area contributed by atoms with E-state index >= 15 is 0 Å². The minimum atomic E-state index is -4.23. The van der Waals surface area contributed by atoms with Crippen molar-refractivity contribution in [3.05, 3.63) is 42.5 Å². The van der Waals surface area contributed by atoms with Gasteiger partial charge in [-0.25, -0.2) is 9.45 Å². The quantitative estimate of drug-likeness (QED) is 0.360. The molecule has 0 aliphatic heterocycles. The van der Waals surface area contributed by atoms with E-state index in [0.717, 1.165) is 0 Å². The molecule has 0 aromatic heterocycles. The van der Waals surface area contributed by atoms with E-state index in [9.17, 15) is 9.46 Å². The largest absolute Gasteiger partial charge is 0.555 e. The van der Waals surface area contributed by atoms with Crippen molar-refractivity contribution in [2.75, 3.05) is 6.61 Å². The van der Waals surface area contributed by atoms with Gasteiger partial charge >= 0.3 is 7.82 Å². The third-order valence-electron chi connectivity index (χ3n) is 1.42. The summed E-state index contributed by atoms with van der Waals surface area (Å²) in [4.78, 5) is 13.7. The number of hydrogen-bond acceptors (Lipinski definition) is 4. The summed E-state index contributed by atoms with van der Waals surface area (Å²) in [6, 6.07) is 8.16. The molecule has 1 atom stereocenters. The van der Waals surface area contributed by atoms with Gasteiger partial charge in [0.05, 0.1) is 0 Å². The van der Waals surface area contributed by atoms with E-state index in [1.54, 1.807) is 25.1 Å². The standard InChI is InChI=1S/C10H13O5P/c1-9(2)8-13-15-16(11,12)14-10-6-4-3-5-7-10/h3-7H,1,8H2,2H3,(H,11,12). The van der Waals surface area contributed by atoms with Gasteiger partial charge in [-0.1, -0.05) is 30.4 Å². The van der Waals surface area contributed by atoms with Gasteiger partial charge in [0.1, 0.15) is 12.4 Å². The Morgan fingerprint density at radius 3 is 2.62 bits per heavy atom. The molecule has 0 radical (unpaired) electrons. The van der Waals surface area contributed by atoms with Gasteiger partial charge in [0, 0.05) is 0 Å². The van der Waals surface area contributed by atoms with Crippen LogP contribution in [0.4, 0.5) is 0 Å². The fourth-order valence-corrected chi connectivity index (χ4v) is 1.43. The Hall–Kier alpha value is -1.13. The molecule has 0 amide bonds. The third kappa shape index (κ3) is 5.09. The smallest absolute Gasteiger partial charge is 0.403 e. The first kappa shape index (κ1) is 12.9. The van der Waals surface area contributed by atoms with Crippen LogP contribution in [0.5, 0.6) is 5.75 Å². The molecule has 0 bridgehead atoms. The van der Waals surface area contributed by atoms with Crippen molar-refractivity contribution in [1.82, 2.24) is 0 Å². The van der Waals surface area contributed by atoms with E-state index in [4.69, 9.17) is 4.52 Å². The zero-order chi connectivity index (χ0) is 12.0. The molecule has 6 heteroatoms. The van der Waals surface area contributed by atoms with Crippen LogP contribution in [-0.4, -0.2) is 11.5 Å². The monoisotopic (exact) mass is 244 g/mol. The Labute approximate surface area is 93.8 Å². The van der Waals surface area contributed by atoms with Gasteiger partial charge in [-0.15, -0.1) is 4.67 Å². The predicted molar refractivity (Wildman–Crippen MR) is 58.7 cm³/mol. The van der Waals surface area contributed by atoms with Crippen LogP contribution >= 0.6 is 7.82 Å². The van der Waals surface area contributed by atoms with Crippen molar-refractivity contribution in [3.63, 3.8) is 0 Å². The predicted octanol–water partition coefficient (Wildman–Crippen LogP) is 2.69. The lowest BCUT2D eigenvalue weighted by molar-refractivity contribution is -0.212. The van der Waals surface area contributed by atoms with E-state index in [0.29, 0.717) is 5.57 Å². The zero-order valence-electron chi connectivity index (χ0n) is 8.83. The molecule has 88 valence electrons. The maximum absolute atomic E-state index is 11.3. The Bertz CT molecular complexity index is 389. The Balaban J connectivity index is 2.46. The van der Waals surface area contributed by atoms with E-state index in [1.807, 2.05) is 0 Å². The van der Waals surface area contributed by atoms with Crippen molar-refractivity contribution in [2.24, 2.45) is 0 Å². The van der Waals surface area contributed by atoms with E-state index in [-0.39, 0.29) is 12.4 Å². The number of para-hydroxylation sites is 1. The van der Waals surface area contributed by atoms with Gasteiger partial charge in [-0.05, 0) is 19.1 Å². The molecule has 1 N–H and O–H groups in total. The second-order valence-electron chi connectivity index (χ2n) is 3.17. The molecular weight excluding hydrogens is 231 g/mol. The maximum atomic E-state index is 11.3. The summed E-state index contributed by atoms with van der Waals surface area (Å²) < 4.78 is 20.3. The van der Waals surface area contributed by atoms with Crippen LogP contribution in [0.15, 0.2) is 42.5 Å². The molecule has 16 heavy (non-hydrogen) atoms. The van der Waals surface area contributed by atoms with Crippen LogP contribution in [0.25, 0.3) is 0 Å². The lowest BCUT2D eigenvalue weighted by Crippen LogP contribution is -2.00. The average molecular weight is 244 g/mol. The molecule has 0 spiro atoms. The molecule has 1 aromatic carbocycles. The minimum absolute atomic E-state index is 0.0305. The number of hydrogen-bond donors (Lipinski definition) is 1. The third-order valence-corrected chi connectivity index (χ3v) is 2.15. The molecule has 5 nitrogen and oxygen atoms in total. The zero-order valence-corrected chi connectivity index (χ0v) is 9.72. The maximum Gasteiger partial charge on any atom is 0.555 e. The molecule has 0 saturated heterocycles. The molecule has 0 saturated carbocycles. The molecule has 0 fully saturated rings. The summed E-state index contributed by atoms with van der Waals surface area (Å²) in [5.74, 6) is 0.229. The van der Waals surface area contributed by atoms with Crippen LogP contribution in [0.2, 0.25) is 0 Å². The van der Waals surface area contributed by atoms with Crippen molar-refractivity contribution >= 4 is 7.82 Å². The SMILES string of the molecule is C=C(C)COOP(=O)(O)Oc1ccccc1. The molecule has 0 heterocycles. The highest BCUT2D eigenvalue weighted by Crippen LogP contribution is 2.43. The average Bonchev–Trinajstić information content (AvgIpc) is 2.17. The summed E-state index contributed by atoms with van der Waals surface area (Å²) in [5, 5.41) is 0. The van der Waals surface area contributed by atoms with Crippen molar-refractivity contribution in [1.29, 1.82) is 0 Å². The summed E-state index contributed by atoms with van der Waals surface area (Å²) in [7, 11) is -4.23. The molecule has 1 aromatic rings. The van der Waals surface area contributed by atoms with Crippen LogP contribution in [0.3, 0.4) is 0 Å². The summed E-state index contributed by atoms with van der Waals surface area (Å²) >= 11 is 0. The van der Waals surface area contributed by atoms with Crippen molar-refractivity contribution < 1.29 is 23.5 Å². The number of phosphoric ester groups is 1. The molecule has 1 unspecified atom stereocenters. The van der Waals surface area contributed by atoms with Crippen LogP contribution in [-0.2, 0) is 14.1 Å². The summed E-state index contributed by atoms with van der Waals surface area (Å²) in [6.45, 7) is 5.27. The topological polar surface area (TPSA) is 65.0 Å². The van der Waals surface area contributed by atoms with Gasteiger partial charge in [-0.3, -0.25) is 4.89 Å². The minimum Gasteiger partial charge on any atom is -0.403 e. The fraction of sp³-hybridized carbons (Fsp3) is 0.200. The van der Waals surface area contributed by atoms with E-state index in [1.165, 1.54) is 12.1 Å². The van der Waals surface area contributed by atoms with Crippen LogP contribution < -0.4 is 4.52 Å². The first-order valence-corrected chi connectivity index (χ1v) is 6.02. The van der Waals surface area contributed by atoms with Crippen molar-refractivity contribution in [3.8, 4) is 5.75 Å². The van der Waals surface area contributed by atoms with Gasteiger partial charge in [0.25, 0.3) is 0 Å². The van der Waals surface area contributed by atoms with E-state index < -0.39 is 7.82 Å². The van der Waals surface area contributed by atoms with Crippen LogP contribution in [0.1, 0.15) is 6.92 Å². The first-order valence-electron chi connectivity index (χ1n) is 4.52. The lowest BCUT2D eigenvalue weighted by atomic mass is 10.3. The molecule has 0 aliphatic rings. The Morgan fingerprint density at radius 2 is 2.06 bits per heavy atom. The Kier molecular flexibility index (Phi) is 4.71. The molecule has 1 rings (SSSR count). The molecular formula is C10H13O5P. The van der Waals surface area contributed by atoms with Gasteiger partial charge < -0.3 is 4.52 Å². The highest BCUT2D eigenvalue weighted by Gasteiger charge is 2.24. The van der Waals surface area contributed by atoms with Crippen LogP contribution in [0, 0.1) is 0 Å². The number of rotatable bonds is 6. The number of phosphoric acid groups is 1. The number of benzene rings is 1. The summed E-state index contributed by atoms with van der Waals surface area (Å²) in [5.41, 5.74) is 0.666. The van der Waals surface area contributed by atoms with Gasteiger partial charge in [0.2, 0.25) is 0 Å². The molecule has 0 aliphatic carbocycles. The van der Waals surface area contributed by atoms with Gasteiger partial charge in [-0.2, -0.15) is 0 Å². The fourth-order valence-electron chi connectivity index (χ4n) is 0.823. The Morgan fingerprint density at radius 1 is 1.44 bits per heavy atom. The lowest BCUT2D eigenvalue weighted by Gasteiger charge is -2.11. The first-order chi connectivity index (χ1) is 7.49. The van der Waals surface area contributed by atoms with Gasteiger partial charge in [0.15, 0.2) is 0 Å². The highest BCUT2D eigenvalue weighted by atomic mass is 31.2. The van der Waals surface area contributed by atoms with Crippen molar-refractivity contribution in [2.45, 2.75) is 6.92 Å². The second kappa shape index (κ2) is 5.82.